The van der Waals surface area contributed by atoms with Crippen LogP contribution in [0, 0.1) is 5.92 Å². The number of carboxylic acids is 1. The van der Waals surface area contributed by atoms with E-state index in [1.807, 2.05) is 30.6 Å². The lowest BCUT2D eigenvalue weighted by Gasteiger charge is -2.27. The molecule has 4 rings (SSSR count). The maximum absolute atomic E-state index is 10.9. The fourth-order valence-corrected chi connectivity index (χ4v) is 3.68. The number of anilines is 2. The molecule has 1 aromatic heterocycles. The minimum atomic E-state index is -0.743. The number of rotatable bonds is 5. The first-order chi connectivity index (χ1) is 13.1. The van der Waals surface area contributed by atoms with Crippen molar-refractivity contribution in [2.75, 3.05) is 29.9 Å². The SMILES string of the molecule is CCC1CNc2ccc(-c3cnc(N4CCC(CC(=O)O)C4)nc3)cc2O1. The molecule has 1 saturated heterocycles. The highest BCUT2D eigenvalue weighted by Gasteiger charge is 2.26. The second-order valence-corrected chi connectivity index (χ2v) is 7.21. The lowest BCUT2D eigenvalue weighted by atomic mass is 10.1. The molecule has 3 heterocycles. The van der Waals surface area contributed by atoms with Crippen molar-refractivity contribution < 1.29 is 14.6 Å². The molecule has 7 heteroatoms. The van der Waals surface area contributed by atoms with Gasteiger partial charge in [0.1, 0.15) is 11.9 Å². The molecule has 0 saturated carbocycles. The van der Waals surface area contributed by atoms with Gasteiger partial charge in [-0.25, -0.2) is 9.97 Å². The average molecular weight is 368 g/mol. The molecule has 1 aromatic carbocycles. The first kappa shape index (κ1) is 17.6. The number of fused-ring (bicyclic) bond motifs is 1. The Balaban J connectivity index is 1.48. The number of benzene rings is 1. The van der Waals surface area contributed by atoms with Crippen molar-refractivity contribution in [3.8, 4) is 16.9 Å². The van der Waals surface area contributed by atoms with Crippen LogP contribution >= 0.6 is 0 Å². The summed E-state index contributed by atoms with van der Waals surface area (Å²) in [4.78, 5) is 21.9. The van der Waals surface area contributed by atoms with Gasteiger partial charge in [-0.1, -0.05) is 13.0 Å². The van der Waals surface area contributed by atoms with Gasteiger partial charge < -0.3 is 20.1 Å². The number of nitrogens with one attached hydrogen (secondary N) is 1. The highest BCUT2D eigenvalue weighted by Crippen LogP contribution is 2.34. The first-order valence-electron chi connectivity index (χ1n) is 9.46. The van der Waals surface area contributed by atoms with E-state index in [0.29, 0.717) is 12.5 Å². The first-order valence-corrected chi connectivity index (χ1v) is 9.46. The normalized spacial score (nSPS) is 21.3. The van der Waals surface area contributed by atoms with Gasteiger partial charge in [0.15, 0.2) is 0 Å². The molecule has 2 aromatic rings. The lowest BCUT2D eigenvalue weighted by molar-refractivity contribution is -0.137. The van der Waals surface area contributed by atoms with Crippen LogP contribution < -0.4 is 15.0 Å². The molecule has 2 N–H and O–H groups in total. The summed E-state index contributed by atoms with van der Waals surface area (Å²) in [5.41, 5.74) is 2.97. The van der Waals surface area contributed by atoms with Crippen molar-refractivity contribution in [1.82, 2.24) is 9.97 Å². The van der Waals surface area contributed by atoms with Gasteiger partial charge in [0.05, 0.1) is 12.2 Å². The Hall–Kier alpha value is -2.83. The van der Waals surface area contributed by atoms with E-state index in [9.17, 15) is 4.79 Å². The Labute approximate surface area is 158 Å². The summed E-state index contributed by atoms with van der Waals surface area (Å²) in [6, 6.07) is 6.10. The minimum absolute atomic E-state index is 0.169. The van der Waals surface area contributed by atoms with Crippen molar-refractivity contribution in [2.45, 2.75) is 32.3 Å². The van der Waals surface area contributed by atoms with Gasteiger partial charge in [0.25, 0.3) is 0 Å². The van der Waals surface area contributed by atoms with Gasteiger partial charge in [-0.15, -0.1) is 0 Å². The third-order valence-electron chi connectivity index (χ3n) is 5.25. The summed E-state index contributed by atoms with van der Waals surface area (Å²) < 4.78 is 6.03. The second kappa shape index (κ2) is 7.42. The van der Waals surface area contributed by atoms with Crippen LogP contribution in [0.1, 0.15) is 26.2 Å². The second-order valence-electron chi connectivity index (χ2n) is 7.21. The molecule has 7 nitrogen and oxygen atoms in total. The maximum Gasteiger partial charge on any atom is 0.303 e. The number of carbonyl (C=O) groups is 1. The third-order valence-corrected chi connectivity index (χ3v) is 5.25. The Kier molecular flexibility index (Phi) is 4.83. The van der Waals surface area contributed by atoms with Crippen LogP contribution in [0.25, 0.3) is 11.1 Å². The predicted octanol–water partition coefficient (Wildman–Crippen LogP) is 3.03. The van der Waals surface area contributed by atoms with Crippen LogP contribution in [-0.4, -0.2) is 46.8 Å². The molecule has 0 amide bonds. The average Bonchev–Trinajstić information content (AvgIpc) is 3.15. The van der Waals surface area contributed by atoms with Crippen LogP contribution in [0.5, 0.6) is 5.75 Å². The van der Waals surface area contributed by atoms with E-state index in [-0.39, 0.29) is 18.4 Å². The molecule has 27 heavy (non-hydrogen) atoms. The smallest absolute Gasteiger partial charge is 0.303 e. The number of carboxylic acid groups (broad SMARTS) is 1. The van der Waals surface area contributed by atoms with Crippen molar-refractivity contribution in [1.29, 1.82) is 0 Å². The molecular formula is C20H24N4O3. The molecular weight excluding hydrogens is 344 g/mol. The minimum Gasteiger partial charge on any atom is -0.486 e. The summed E-state index contributed by atoms with van der Waals surface area (Å²) in [5.74, 6) is 0.953. The molecule has 1 fully saturated rings. The molecule has 2 aliphatic rings. The number of hydrogen-bond donors (Lipinski definition) is 2. The van der Waals surface area contributed by atoms with Gasteiger partial charge in [-0.3, -0.25) is 4.79 Å². The van der Waals surface area contributed by atoms with Crippen LogP contribution in [0.2, 0.25) is 0 Å². The number of nitrogens with zero attached hydrogens (tertiary/aromatic N) is 3. The molecule has 0 spiro atoms. The Morgan fingerprint density at radius 3 is 2.89 bits per heavy atom. The van der Waals surface area contributed by atoms with E-state index in [2.05, 4.69) is 27.1 Å². The molecule has 2 atom stereocenters. The zero-order valence-corrected chi connectivity index (χ0v) is 15.4. The van der Waals surface area contributed by atoms with Crippen LogP contribution in [0.4, 0.5) is 11.6 Å². The summed E-state index contributed by atoms with van der Waals surface area (Å²) in [5, 5.41) is 12.3. The number of ether oxygens (including phenoxy) is 1. The van der Waals surface area contributed by atoms with Crippen LogP contribution in [0.3, 0.4) is 0 Å². The topological polar surface area (TPSA) is 87.6 Å². The van der Waals surface area contributed by atoms with E-state index >= 15 is 0 Å². The monoisotopic (exact) mass is 368 g/mol. The lowest BCUT2D eigenvalue weighted by Crippen LogP contribution is -2.29. The third kappa shape index (κ3) is 3.82. The number of hydrogen-bond acceptors (Lipinski definition) is 6. The quantitative estimate of drug-likeness (QED) is 0.839. The molecule has 0 bridgehead atoms. The molecule has 142 valence electrons. The van der Waals surface area contributed by atoms with E-state index in [1.165, 1.54) is 0 Å². The molecule has 2 unspecified atom stereocenters. The number of aliphatic carboxylic acids is 1. The highest BCUT2D eigenvalue weighted by molar-refractivity contribution is 5.71. The van der Waals surface area contributed by atoms with Gasteiger partial charge in [-0.2, -0.15) is 0 Å². The summed E-state index contributed by atoms with van der Waals surface area (Å²) >= 11 is 0. The fraction of sp³-hybridized carbons (Fsp3) is 0.450. The largest absolute Gasteiger partial charge is 0.486 e. The zero-order valence-electron chi connectivity index (χ0n) is 15.4. The highest BCUT2D eigenvalue weighted by atomic mass is 16.5. The summed E-state index contributed by atoms with van der Waals surface area (Å²) in [7, 11) is 0. The van der Waals surface area contributed by atoms with E-state index < -0.39 is 5.97 Å². The standard InChI is InChI=1S/C20H24N4O3/c1-2-16-11-21-17-4-3-14(8-18(17)27-16)15-9-22-20(23-10-15)24-6-5-13(12-24)7-19(25)26/h3-4,8-10,13,16,21H,2,5-7,11-12H2,1H3,(H,25,26). The van der Waals surface area contributed by atoms with E-state index in [4.69, 9.17) is 9.84 Å². The summed E-state index contributed by atoms with van der Waals surface area (Å²) in [6.07, 6.45) is 5.87. The van der Waals surface area contributed by atoms with Gasteiger partial charge >= 0.3 is 5.97 Å². The fourth-order valence-electron chi connectivity index (χ4n) is 3.68. The van der Waals surface area contributed by atoms with Crippen molar-refractivity contribution in [2.24, 2.45) is 5.92 Å². The van der Waals surface area contributed by atoms with Crippen molar-refractivity contribution in [3.63, 3.8) is 0 Å². The van der Waals surface area contributed by atoms with Crippen molar-refractivity contribution >= 4 is 17.6 Å². The Morgan fingerprint density at radius 2 is 2.15 bits per heavy atom. The molecule has 2 aliphatic heterocycles. The molecule has 0 radical (unpaired) electrons. The van der Waals surface area contributed by atoms with Crippen LogP contribution in [0.15, 0.2) is 30.6 Å². The number of aromatic nitrogens is 2. The van der Waals surface area contributed by atoms with E-state index in [1.54, 1.807) is 0 Å². The summed E-state index contributed by atoms with van der Waals surface area (Å²) in [6.45, 7) is 4.45. The Bertz CT molecular complexity index is 824. The molecule has 0 aliphatic carbocycles. The zero-order chi connectivity index (χ0) is 18.8. The Morgan fingerprint density at radius 1 is 1.33 bits per heavy atom. The maximum atomic E-state index is 10.9. The van der Waals surface area contributed by atoms with Gasteiger partial charge in [-0.05, 0) is 36.5 Å². The van der Waals surface area contributed by atoms with Gasteiger partial charge in [0, 0.05) is 37.5 Å². The van der Waals surface area contributed by atoms with Crippen molar-refractivity contribution in [3.05, 3.63) is 30.6 Å². The van der Waals surface area contributed by atoms with Gasteiger partial charge in [0.2, 0.25) is 5.95 Å². The predicted molar refractivity (Wildman–Crippen MR) is 103 cm³/mol. The van der Waals surface area contributed by atoms with E-state index in [0.717, 1.165) is 48.5 Å². The van der Waals surface area contributed by atoms with Crippen LogP contribution in [-0.2, 0) is 4.79 Å².